The number of nitrogens with zero attached hydrogens (tertiary/aromatic N) is 4. The highest BCUT2D eigenvalue weighted by Gasteiger charge is 2.32. The van der Waals surface area contributed by atoms with E-state index in [-0.39, 0.29) is 18.3 Å². The molecule has 1 aromatic carbocycles. The van der Waals surface area contributed by atoms with Gasteiger partial charge in [-0.15, -0.1) is 12.4 Å². The molecule has 2 aliphatic rings. The number of carbonyl (C=O) groups is 1. The molecule has 2 aromatic rings. The fraction of sp³-hybridized carbons (Fsp3) is 0.581. The Morgan fingerprint density at radius 3 is 2.49 bits per heavy atom. The van der Waals surface area contributed by atoms with Crippen LogP contribution < -0.4 is 10.1 Å². The second kappa shape index (κ2) is 15.2. The molecule has 1 aliphatic heterocycles. The van der Waals surface area contributed by atoms with Gasteiger partial charge in [0.05, 0.1) is 6.61 Å². The number of likely N-dealkylation sites (N-methyl/N-ethyl adjacent to an activating group) is 1. The third kappa shape index (κ3) is 8.67. The van der Waals surface area contributed by atoms with Crippen molar-refractivity contribution >= 4 is 29.8 Å². The van der Waals surface area contributed by atoms with Crippen molar-refractivity contribution in [1.29, 1.82) is 0 Å². The zero-order chi connectivity index (χ0) is 26.9. The van der Waals surface area contributed by atoms with Crippen molar-refractivity contribution in [3.05, 3.63) is 53.9 Å². The second-order valence-corrected chi connectivity index (χ2v) is 11.0. The minimum Gasteiger partial charge on any atom is -0.493 e. The molecule has 1 aromatic heterocycles. The normalized spacial score (nSPS) is 19.8. The monoisotopic (exact) mass is 555 g/mol. The molecule has 2 unspecified atom stereocenters. The summed E-state index contributed by atoms with van der Waals surface area (Å²) in [6.45, 7) is 7.61. The van der Waals surface area contributed by atoms with Crippen LogP contribution >= 0.6 is 12.4 Å². The first kappa shape index (κ1) is 30.9. The third-order valence-corrected chi connectivity index (χ3v) is 8.20. The Balaban J connectivity index is 0.00000420. The first-order valence-electron chi connectivity index (χ1n) is 14.4. The van der Waals surface area contributed by atoms with Gasteiger partial charge in [0.1, 0.15) is 5.75 Å². The maximum atomic E-state index is 13.0. The molecule has 4 rings (SSSR count). The number of hydrogen-bond donors (Lipinski definition) is 1. The lowest BCUT2D eigenvalue weighted by atomic mass is 9.86. The Labute approximate surface area is 240 Å². The highest BCUT2D eigenvalue weighted by atomic mass is 35.5. The number of ether oxygens (including phenoxy) is 1. The summed E-state index contributed by atoms with van der Waals surface area (Å²) >= 11 is 0. The minimum absolute atomic E-state index is 0. The highest BCUT2D eigenvalue weighted by Crippen LogP contribution is 2.33. The van der Waals surface area contributed by atoms with Crippen molar-refractivity contribution in [3.63, 3.8) is 0 Å². The van der Waals surface area contributed by atoms with Gasteiger partial charge in [-0.3, -0.25) is 4.79 Å². The van der Waals surface area contributed by atoms with E-state index in [1.54, 1.807) is 0 Å². The molecule has 1 saturated heterocycles. The van der Waals surface area contributed by atoms with E-state index in [1.807, 2.05) is 12.4 Å². The molecule has 0 saturated carbocycles. The molecule has 0 bridgehead atoms. The summed E-state index contributed by atoms with van der Waals surface area (Å²) in [6, 6.07) is 8.97. The van der Waals surface area contributed by atoms with E-state index in [9.17, 15) is 4.79 Å². The number of amides is 1. The number of benzene rings is 1. The fourth-order valence-electron chi connectivity index (χ4n) is 5.34. The second-order valence-electron chi connectivity index (χ2n) is 11.0. The van der Waals surface area contributed by atoms with Crippen molar-refractivity contribution in [2.24, 2.45) is 11.8 Å². The number of aryl methyl sites for hydroxylation is 1. The number of anilines is 1. The molecule has 1 N–H and O–H groups in total. The molecule has 1 amide bonds. The fourth-order valence-corrected chi connectivity index (χ4v) is 5.34. The summed E-state index contributed by atoms with van der Waals surface area (Å²) in [5, 5.41) is 3.33. The van der Waals surface area contributed by atoms with E-state index >= 15 is 0 Å². The number of allylic oxidation sites excluding steroid dienone is 2. The predicted molar refractivity (Wildman–Crippen MR) is 161 cm³/mol. The molecule has 214 valence electrons. The van der Waals surface area contributed by atoms with E-state index in [1.165, 1.54) is 11.1 Å². The van der Waals surface area contributed by atoms with E-state index in [0.29, 0.717) is 30.4 Å². The summed E-state index contributed by atoms with van der Waals surface area (Å²) in [7, 11) is 4.21. The molecular weight excluding hydrogens is 510 g/mol. The average Bonchev–Trinajstić information content (AvgIpc) is 3.46. The number of likely N-dealkylation sites (tertiary alicyclic amines) is 1. The van der Waals surface area contributed by atoms with Gasteiger partial charge in [-0.1, -0.05) is 32.1 Å². The van der Waals surface area contributed by atoms with Crippen LogP contribution in [0, 0.1) is 11.8 Å². The smallest absolute Gasteiger partial charge is 0.226 e. The number of nitrogens with one attached hydrogen (secondary N) is 1. The van der Waals surface area contributed by atoms with E-state index in [0.717, 1.165) is 75.9 Å². The summed E-state index contributed by atoms with van der Waals surface area (Å²) in [4.78, 5) is 26.1. The summed E-state index contributed by atoms with van der Waals surface area (Å²) in [5.41, 5.74) is 3.73. The Morgan fingerprint density at radius 2 is 1.90 bits per heavy atom. The minimum atomic E-state index is 0. The van der Waals surface area contributed by atoms with Gasteiger partial charge in [0.25, 0.3) is 0 Å². The van der Waals surface area contributed by atoms with E-state index in [2.05, 4.69) is 83.4 Å². The average molecular weight is 556 g/mol. The van der Waals surface area contributed by atoms with Crippen molar-refractivity contribution in [2.45, 2.75) is 64.8 Å². The van der Waals surface area contributed by atoms with Crippen LogP contribution in [-0.4, -0.2) is 72.1 Å². The number of hydrogen-bond acceptors (Lipinski definition) is 6. The van der Waals surface area contributed by atoms with Crippen LogP contribution in [0.25, 0.3) is 5.57 Å². The summed E-state index contributed by atoms with van der Waals surface area (Å²) < 4.78 is 6.13. The molecule has 7 nitrogen and oxygen atoms in total. The molecule has 8 heteroatoms. The maximum Gasteiger partial charge on any atom is 0.226 e. The lowest BCUT2D eigenvalue weighted by Gasteiger charge is -2.27. The lowest BCUT2D eigenvalue weighted by molar-refractivity contribution is -0.134. The molecule has 2 heterocycles. The lowest BCUT2D eigenvalue weighted by Crippen LogP contribution is -2.38. The molecule has 0 radical (unpaired) electrons. The Hall–Kier alpha value is -2.64. The number of halogens is 1. The number of aromatic nitrogens is 2. The Bertz CT molecular complexity index is 1060. The SMILES string of the molecule is CCc1cnc(NCCC(CC)COc2ccc(C3=CCC(C(=O)N4CC[C@H](N(C)C)C4)CC3)cc2)nc1.Cl. The summed E-state index contributed by atoms with van der Waals surface area (Å²) in [5.74, 6) is 2.54. The zero-order valence-corrected chi connectivity index (χ0v) is 24.9. The van der Waals surface area contributed by atoms with Crippen LogP contribution in [0.1, 0.15) is 63.5 Å². The topological polar surface area (TPSA) is 70.6 Å². The van der Waals surface area contributed by atoms with Crippen molar-refractivity contribution in [3.8, 4) is 5.75 Å². The zero-order valence-electron chi connectivity index (χ0n) is 24.1. The van der Waals surface area contributed by atoms with Gasteiger partial charge in [-0.25, -0.2) is 9.97 Å². The highest BCUT2D eigenvalue weighted by molar-refractivity contribution is 5.85. The van der Waals surface area contributed by atoms with Gasteiger partial charge >= 0.3 is 0 Å². The molecule has 1 aliphatic carbocycles. The van der Waals surface area contributed by atoms with Crippen LogP contribution in [0.2, 0.25) is 0 Å². The van der Waals surface area contributed by atoms with Gasteiger partial charge in [-0.2, -0.15) is 0 Å². The standard InChI is InChI=1S/C31H45N5O2.ClH/c1-5-23(15-17-32-31-33-19-24(6-2)20-34-31)22-38-29-13-11-26(12-14-29)25-7-9-27(10-8-25)30(37)36-18-16-28(21-36)35(3)4;/h7,11-14,19-20,23,27-28H,5-6,8-10,15-18,21-22H2,1-4H3,(H,32,33,34);1H/t23?,27?,28-;/m0./s1. The van der Waals surface area contributed by atoms with Gasteiger partial charge in [-0.05, 0) is 93.8 Å². The van der Waals surface area contributed by atoms with Crippen LogP contribution in [0.4, 0.5) is 5.95 Å². The van der Waals surface area contributed by atoms with Crippen molar-refractivity contribution in [1.82, 2.24) is 19.8 Å². The van der Waals surface area contributed by atoms with E-state index in [4.69, 9.17) is 4.74 Å². The molecule has 3 atom stereocenters. The molecule has 39 heavy (non-hydrogen) atoms. The van der Waals surface area contributed by atoms with Crippen LogP contribution in [0.5, 0.6) is 5.75 Å². The first-order valence-corrected chi connectivity index (χ1v) is 14.4. The van der Waals surface area contributed by atoms with Gasteiger partial charge in [0.2, 0.25) is 11.9 Å². The van der Waals surface area contributed by atoms with Gasteiger partial charge in [0, 0.05) is 44.0 Å². The Kier molecular flexibility index (Phi) is 12.1. The van der Waals surface area contributed by atoms with Gasteiger partial charge in [0.15, 0.2) is 0 Å². The predicted octanol–water partition coefficient (Wildman–Crippen LogP) is 5.71. The van der Waals surface area contributed by atoms with Crippen molar-refractivity contribution in [2.75, 3.05) is 45.7 Å². The van der Waals surface area contributed by atoms with Crippen LogP contribution in [-0.2, 0) is 11.2 Å². The third-order valence-electron chi connectivity index (χ3n) is 8.20. The Morgan fingerprint density at radius 1 is 1.15 bits per heavy atom. The first-order chi connectivity index (χ1) is 18.5. The quantitative estimate of drug-likeness (QED) is 0.361. The van der Waals surface area contributed by atoms with E-state index < -0.39 is 0 Å². The molecule has 0 spiro atoms. The summed E-state index contributed by atoms with van der Waals surface area (Å²) in [6.07, 6.45) is 12.9. The number of rotatable bonds is 12. The van der Waals surface area contributed by atoms with Crippen LogP contribution in [0.15, 0.2) is 42.7 Å². The molecular formula is C31H46ClN5O2. The largest absolute Gasteiger partial charge is 0.493 e. The van der Waals surface area contributed by atoms with Crippen molar-refractivity contribution < 1.29 is 9.53 Å². The molecule has 1 fully saturated rings. The van der Waals surface area contributed by atoms with Crippen LogP contribution in [0.3, 0.4) is 0 Å². The van der Waals surface area contributed by atoms with Gasteiger partial charge < -0.3 is 19.9 Å². The maximum absolute atomic E-state index is 13.0. The number of carbonyl (C=O) groups excluding carboxylic acids is 1.